The van der Waals surface area contributed by atoms with Crippen LogP contribution in [-0.4, -0.2) is 12.2 Å². The van der Waals surface area contributed by atoms with Crippen LogP contribution in [0.2, 0.25) is 0 Å². The first-order chi connectivity index (χ1) is 11.2. The highest BCUT2D eigenvalue weighted by atomic mass is 16.5. The smallest absolute Gasteiger partial charge is 0.122 e. The van der Waals surface area contributed by atoms with Crippen LogP contribution in [0.5, 0.6) is 11.5 Å². The molecule has 23 heavy (non-hydrogen) atoms. The van der Waals surface area contributed by atoms with Gasteiger partial charge in [0.2, 0.25) is 0 Å². The maximum Gasteiger partial charge on any atom is 0.122 e. The number of methoxy groups -OCH3 is 1. The zero-order valence-electron chi connectivity index (χ0n) is 14.0. The molecular formula is C21H25O2. The molecule has 0 heterocycles. The molecule has 0 bridgehead atoms. The van der Waals surface area contributed by atoms with Gasteiger partial charge in [-0.25, -0.2) is 0 Å². The molecule has 1 N–H and O–H groups in total. The van der Waals surface area contributed by atoms with Crippen molar-refractivity contribution in [2.75, 3.05) is 7.11 Å². The number of aryl methyl sites for hydroxylation is 1. The topological polar surface area (TPSA) is 29.5 Å². The van der Waals surface area contributed by atoms with Crippen LogP contribution in [0.4, 0.5) is 0 Å². The van der Waals surface area contributed by atoms with Crippen molar-refractivity contribution in [2.45, 2.75) is 44.9 Å². The summed E-state index contributed by atoms with van der Waals surface area (Å²) in [7, 11) is 1.76. The van der Waals surface area contributed by atoms with Gasteiger partial charge in [0.1, 0.15) is 11.5 Å². The van der Waals surface area contributed by atoms with Crippen molar-refractivity contribution in [3.05, 3.63) is 65.1 Å². The van der Waals surface area contributed by atoms with Gasteiger partial charge in [-0.1, -0.05) is 43.5 Å². The van der Waals surface area contributed by atoms with Crippen molar-refractivity contribution in [1.29, 1.82) is 0 Å². The van der Waals surface area contributed by atoms with Crippen LogP contribution in [0.1, 0.15) is 60.3 Å². The number of aromatic hydroxyl groups is 1. The van der Waals surface area contributed by atoms with Crippen LogP contribution >= 0.6 is 0 Å². The number of ether oxygens (including phenoxy) is 1. The molecule has 0 saturated heterocycles. The van der Waals surface area contributed by atoms with Crippen LogP contribution in [-0.2, 0) is 0 Å². The van der Waals surface area contributed by atoms with E-state index in [9.17, 15) is 5.11 Å². The summed E-state index contributed by atoms with van der Waals surface area (Å²) in [6, 6.07) is 11.9. The molecule has 0 aromatic heterocycles. The van der Waals surface area contributed by atoms with Crippen molar-refractivity contribution in [2.24, 2.45) is 0 Å². The number of phenols is 1. The molecule has 1 aliphatic rings. The Balaban J connectivity index is 1.95. The lowest BCUT2D eigenvalue weighted by atomic mass is 9.82. The summed E-state index contributed by atoms with van der Waals surface area (Å²) in [5, 5.41) is 10.0. The highest BCUT2D eigenvalue weighted by Crippen LogP contribution is 2.39. The lowest BCUT2D eigenvalue weighted by Crippen LogP contribution is -2.07. The summed E-state index contributed by atoms with van der Waals surface area (Å²) >= 11 is 0. The minimum atomic E-state index is 0.321. The molecule has 1 fully saturated rings. The van der Waals surface area contributed by atoms with E-state index in [1.54, 1.807) is 13.2 Å². The minimum Gasteiger partial charge on any atom is -0.508 e. The first kappa shape index (κ1) is 15.9. The largest absolute Gasteiger partial charge is 0.508 e. The SMILES string of the molecule is COc1cc(C)c([CH]c2ccccc2O)cc1C1CCCCC1. The predicted octanol–water partition coefficient (Wildman–Crippen LogP) is 5.36. The van der Waals surface area contributed by atoms with E-state index >= 15 is 0 Å². The molecule has 0 spiro atoms. The lowest BCUT2D eigenvalue weighted by Gasteiger charge is -2.25. The summed E-state index contributed by atoms with van der Waals surface area (Å²) in [5.74, 6) is 1.92. The molecule has 0 amide bonds. The van der Waals surface area contributed by atoms with Crippen LogP contribution in [0.25, 0.3) is 0 Å². The monoisotopic (exact) mass is 309 g/mol. The van der Waals surface area contributed by atoms with Gasteiger partial charge in [-0.2, -0.15) is 0 Å². The van der Waals surface area contributed by atoms with Crippen molar-refractivity contribution in [3.63, 3.8) is 0 Å². The van der Waals surface area contributed by atoms with E-state index in [0.717, 1.165) is 16.9 Å². The summed E-state index contributed by atoms with van der Waals surface area (Å²) in [5.41, 5.74) is 4.51. The second-order valence-electron chi connectivity index (χ2n) is 6.49. The van der Waals surface area contributed by atoms with Crippen molar-refractivity contribution >= 4 is 0 Å². The van der Waals surface area contributed by atoms with E-state index < -0.39 is 0 Å². The Morgan fingerprint density at radius 1 is 1.04 bits per heavy atom. The maximum atomic E-state index is 10.0. The second-order valence-corrected chi connectivity index (χ2v) is 6.49. The van der Waals surface area contributed by atoms with E-state index in [2.05, 4.69) is 25.5 Å². The Labute approximate surface area is 139 Å². The average molecular weight is 309 g/mol. The molecule has 2 nitrogen and oxygen atoms in total. The summed E-state index contributed by atoms with van der Waals surface area (Å²) < 4.78 is 5.65. The van der Waals surface area contributed by atoms with E-state index in [4.69, 9.17) is 4.74 Å². The third-order valence-electron chi connectivity index (χ3n) is 4.91. The van der Waals surface area contributed by atoms with Crippen molar-refractivity contribution < 1.29 is 9.84 Å². The fourth-order valence-electron chi connectivity index (χ4n) is 3.56. The Morgan fingerprint density at radius 2 is 1.78 bits per heavy atom. The number of hydrogen-bond acceptors (Lipinski definition) is 2. The number of phenolic OH excluding ortho intramolecular Hbond substituents is 1. The quantitative estimate of drug-likeness (QED) is 0.824. The first-order valence-corrected chi connectivity index (χ1v) is 8.50. The second kappa shape index (κ2) is 7.08. The van der Waals surface area contributed by atoms with Crippen LogP contribution in [0.3, 0.4) is 0 Å². The average Bonchev–Trinajstić information content (AvgIpc) is 2.59. The predicted molar refractivity (Wildman–Crippen MR) is 94.2 cm³/mol. The molecule has 2 heteroatoms. The minimum absolute atomic E-state index is 0.321. The highest BCUT2D eigenvalue weighted by molar-refractivity contribution is 5.52. The number of benzene rings is 2. The summed E-state index contributed by atoms with van der Waals surface area (Å²) in [6.07, 6.45) is 8.52. The maximum absolute atomic E-state index is 10.0. The highest BCUT2D eigenvalue weighted by Gasteiger charge is 2.20. The van der Waals surface area contributed by atoms with Crippen molar-refractivity contribution in [1.82, 2.24) is 0 Å². The van der Waals surface area contributed by atoms with Gasteiger partial charge in [-0.15, -0.1) is 0 Å². The lowest BCUT2D eigenvalue weighted by molar-refractivity contribution is 0.386. The van der Waals surface area contributed by atoms with Crippen LogP contribution in [0, 0.1) is 13.3 Å². The Kier molecular flexibility index (Phi) is 4.90. The third kappa shape index (κ3) is 3.52. The molecule has 0 unspecified atom stereocenters. The normalized spacial score (nSPS) is 15.6. The molecule has 3 rings (SSSR count). The van der Waals surface area contributed by atoms with E-state index in [1.165, 1.54) is 43.2 Å². The van der Waals surface area contributed by atoms with Gasteiger partial charge < -0.3 is 9.84 Å². The molecule has 1 radical (unpaired) electrons. The molecule has 2 aromatic carbocycles. The Hall–Kier alpha value is -1.96. The molecule has 1 saturated carbocycles. The zero-order valence-corrected chi connectivity index (χ0v) is 14.0. The van der Waals surface area contributed by atoms with Crippen LogP contribution in [0.15, 0.2) is 36.4 Å². The molecular weight excluding hydrogens is 284 g/mol. The standard InChI is InChI=1S/C21H25O2/c1-15-12-21(23-2)19(16-8-4-3-5-9-16)14-18(15)13-17-10-6-7-11-20(17)22/h6-7,10-14,16,22H,3-5,8-9H2,1-2H3. The Bertz CT molecular complexity index is 670. The third-order valence-corrected chi connectivity index (χ3v) is 4.91. The number of hydrogen-bond donors (Lipinski definition) is 1. The molecule has 0 aliphatic heterocycles. The molecule has 0 atom stereocenters. The molecule has 2 aromatic rings. The summed E-state index contributed by atoms with van der Waals surface area (Å²) in [4.78, 5) is 0. The van der Waals surface area contributed by atoms with Gasteiger partial charge in [0.15, 0.2) is 0 Å². The Morgan fingerprint density at radius 3 is 2.48 bits per heavy atom. The van der Waals surface area contributed by atoms with Gasteiger partial charge in [0.05, 0.1) is 7.11 Å². The van der Waals surface area contributed by atoms with Gasteiger partial charge >= 0.3 is 0 Å². The number of rotatable bonds is 4. The summed E-state index contributed by atoms with van der Waals surface area (Å²) in [6.45, 7) is 2.10. The van der Waals surface area contributed by atoms with E-state index in [-0.39, 0.29) is 0 Å². The zero-order chi connectivity index (χ0) is 16.2. The first-order valence-electron chi connectivity index (χ1n) is 8.50. The van der Waals surface area contributed by atoms with Crippen LogP contribution < -0.4 is 4.74 Å². The van der Waals surface area contributed by atoms with Gasteiger partial charge in [-0.05, 0) is 54.5 Å². The van der Waals surface area contributed by atoms with Gasteiger partial charge in [-0.3, -0.25) is 0 Å². The van der Waals surface area contributed by atoms with E-state index in [1.807, 2.05) is 18.2 Å². The van der Waals surface area contributed by atoms with Gasteiger partial charge in [0, 0.05) is 12.0 Å². The van der Waals surface area contributed by atoms with Crippen molar-refractivity contribution in [3.8, 4) is 11.5 Å². The fraction of sp³-hybridized carbons (Fsp3) is 0.381. The number of para-hydroxylation sites is 1. The van der Waals surface area contributed by atoms with E-state index in [0.29, 0.717) is 11.7 Å². The molecule has 121 valence electrons. The molecule has 1 aliphatic carbocycles. The van der Waals surface area contributed by atoms with Gasteiger partial charge in [0.25, 0.3) is 0 Å². The fourth-order valence-corrected chi connectivity index (χ4v) is 3.56.